The Morgan fingerprint density at radius 2 is 2.15 bits per heavy atom. The second-order valence-electron chi connectivity index (χ2n) is 5.10. The van der Waals surface area contributed by atoms with Crippen molar-refractivity contribution >= 4 is 22.9 Å². The molecular weight excluding hydrogens is 268 g/mol. The molecule has 1 aromatic heterocycles. The van der Waals surface area contributed by atoms with Gasteiger partial charge in [-0.2, -0.15) is 0 Å². The first-order valence-electron chi connectivity index (χ1n) is 6.94. The quantitative estimate of drug-likeness (QED) is 0.910. The van der Waals surface area contributed by atoms with Crippen LogP contribution in [-0.2, 0) is 17.6 Å². The Balaban J connectivity index is 1.88. The number of hydrogen-bond donors (Lipinski definition) is 2. The predicted molar refractivity (Wildman–Crippen MR) is 83.1 cm³/mol. The molecule has 0 radical (unpaired) electrons. The molecule has 1 aliphatic rings. The van der Waals surface area contributed by atoms with Gasteiger partial charge in [0.15, 0.2) is 0 Å². The van der Waals surface area contributed by atoms with Crippen LogP contribution in [0.3, 0.4) is 0 Å². The van der Waals surface area contributed by atoms with Crippen molar-refractivity contribution in [1.29, 1.82) is 0 Å². The molecule has 104 valence electrons. The van der Waals surface area contributed by atoms with Gasteiger partial charge in [0, 0.05) is 21.9 Å². The summed E-state index contributed by atoms with van der Waals surface area (Å²) in [5.74, 6) is 0.0976. The maximum absolute atomic E-state index is 11.4. The maximum atomic E-state index is 11.4. The lowest BCUT2D eigenvalue weighted by atomic mass is 9.97. The first-order chi connectivity index (χ1) is 9.67. The number of fused-ring (bicyclic) bond motifs is 1. The van der Waals surface area contributed by atoms with E-state index in [1.807, 2.05) is 12.1 Å². The predicted octanol–water partition coefficient (Wildman–Crippen LogP) is 3.24. The largest absolute Gasteiger partial charge is 0.326 e. The number of anilines is 1. The number of carbonyl (C=O) groups excluding carboxylic acids is 1. The molecule has 1 unspecified atom stereocenters. The number of nitrogens with one attached hydrogen (secondary N) is 1. The molecule has 1 amide bonds. The van der Waals surface area contributed by atoms with Gasteiger partial charge in [0.2, 0.25) is 5.91 Å². The van der Waals surface area contributed by atoms with Crippen LogP contribution in [0.15, 0.2) is 30.3 Å². The highest BCUT2D eigenvalue weighted by Gasteiger charge is 2.17. The maximum Gasteiger partial charge on any atom is 0.224 e. The Morgan fingerprint density at radius 1 is 1.30 bits per heavy atom. The highest BCUT2D eigenvalue weighted by Crippen LogP contribution is 2.30. The van der Waals surface area contributed by atoms with E-state index in [1.165, 1.54) is 15.3 Å². The van der Waals surface area contributed by atoms with E-state index < -0.39 is 0 Å². The van der Waals surface area contributed by atoms with Gasteiger partial charge in [-0.3, -0.25) is 4.79 Å². The smallest absolute Gasteiger partial charge is 0.224 e. The van der Waals surface area contributed by atoms with Gasteiger partial charge in [-0.25, -0.2) is 0 Å². The Bertz CT molecular complexity index is 648. The summed E-state index contributed by atoms with van der Waals surface area (Å²) in [5.41, 5.74) is 9.60. The fourth-order valence-corrected chi connectivity index (χ4v) is 3.50. The van der Waals surface area contributed by atoms with Crippen LogP contribution in [0.25, 0.3) is 0 Å². The van der Waals surface area contributed by atoms with E-state index in [0.717, 1.165) is 24.1 Å². The van der Waals surface area contributed by atoms with Gasteiger partial charge < -0.3 is 11.1 Å². The summed E-state index contributed by atoms with van der Waals surface area (Å²) in [7, 11) is 0. The van der Waals surface area contributed by atoms with E-state index in [0.29, 0.717) is 6.42 Å². The lowest BCUT2D eigenvalue weighted by Gasteiger charge is -2.19. The Hall–Kier alpha value is -1.65. The van der Waals surface area contributed by atoms with E-state index >= 15 is 0 Å². The molecule has 3 rings (SSSR count). The second kappa shape index (κ2) is 5.38. The number of benzene rings is 1. The third kappa shape index (κ3) is 2.49. The van der Waals surface area contributed by atoms with Crippen LogP contribution in [0.5, 0.6) is 0 Å². The molecule has 0 saturated carbocycles. The third-order valence-electron chi connectivity index (χ3n) is 3.72. The summed E-state index contributed by atoms with van der Waals surface area (Å²) in [6.07, 6.45) is 2.41. The van der Waals surface area contributed by atoms with Crippen LogP contribution in [0, 0.1) is 0 Å². The average molecular weight is 286 g/mol. The van der Waals surface area contributed by atoms with Crippen LogP contribution >= 0.6 is 11.3 Å². The fourth-order valence-electron chi connectivity index (χ4n) is 2.51. The molecule has 1 aromatic carbocycles. The van der Waals surface area contributed by atoms with Crippen molar-refractivity contribution in [3.8, 4) is 0 Å². The van der Waals surface area contributed by atoms with Gasteiger partial charge in [0.1, 0.15) is 0 Å². The van der Waals surface area contributed by atoms with Crippen molar-refractivity contribution in [3.05, 3.63) is 51.2 Å². The summed E-state index contributed by atoms with van der Waals surface area (Å²) in [6, 6.07) is 10.3. The van der Waals surface area contributed by atoms with Crippen molar-refractivity contribution in [2.45, 2.75) is 32.2 Å². The zero-order valence-electron chi connectivity index (χ0n) is 11.5. The van der Waals surface area contributed by atoms with E-state index in [2.05, 4.69) is 30.4 Å². The number of nitrogens with two attached hydrogens (primary N) is 1. The zero-order chi connectivity index (χ0) is 14.1. The summed E-state index contributed by atoms with van der Waals surface area (Å²) in [4.78, 5) is 13.9. The Labute approximate surface area is 122 Å². The van der Waals surface area contributed by atoms with Crippen molar-refractivity contribution in [3.63, 3.8) is 0 Å². The minimum atomic E-state index is -0.0803. The topological polar surface area (TPSA) is 55.1 Å². The molecule has 3 nitrogen and oxygen atoms in total. The third-order valence-corrected chi connectivity index (χ3v) is 5.03. The number of hydrogen-bond acceptors (Lipinski definition) is 3. The molecule has 20 heavy (non-hydrogen) atoms. The molecular formula is C16H18N2OS. The molecule has 4 heteroatoms. The molecule has 0 aliphatic carbocycles. The number of carbonyl (C=O) groups is 1. The van der Waals surface area contributed by atoms with Gasteiger partial charge in [-0.1, -0.05) is 19.1 Å². The van der Waals surface area contributed by atoms with Crippen LogP contribution in [0.4, 0.5) is 5.69 Å². The molecule has 0 fully saturated rings. The second-order valence-corrected chi connectivity index (χ2v) is 6.30. The van der Waals surface area contributed by atoms with Gasteiger partial charge >= 0.3 is 0 Å². The minimum absolute atomic E-state index is 0.0803. The van der Waals surface area contributed by atoms with E-state index in [4.69, 9.17) is 5.73 Å². The number of thiophene rings is 1. The van der Waals surface area contributed by atoms with Crippen molar-refractivity contribution < 1.29 is 4.79 Å². The molecule has 0 saturated heterocycles. The summed E-state index contributed by atoms with van der Waals surface area (Å²) in [6.45, 7) is 2.16. The van der Waals surface area contributed by atoms with Crippen LogP contribution in [0.1, 0.15) is 40.3 Å². The first-order valence-corrected chi connectivity index (χ1v) is 7.76. The monoisotopic (exact) mass is 286 g/mol. The standard InChI is InChI=1S/C16H18N2OS/c1-2-12-5-7-14(20-12)16(17)11-3-6-13-10(9-11)4-8-15(19)18-13/h3,5-7,9,16H,2,4,8,17H2,1H3,(H,18,19). The molecule has 1 aliphatic heterocycles. The summed E-state index contributed by atoms with van der Waals surface area (Å²) >= 11 is 1.78. The number of amides is 1. The lowest BCUT2D eigenvalue weighted by molar-refractivity contribution is -0.116. The van der Waals surface area contributed by atoms with Gasteiger partial charge in [-0.05, 0) is 42.2 Å². The van der Waals surface area contributed by atoms with E-state index in [-0.39, 0.29) is 11.9 Å². The molecule has 0 bridgehead atoms. The normalized spacial score (nSPS) is 15.6. The van der Waals surface area contributed by atoms with Crippen molar-refractivity contribution in [1.82, 2.24) is 0 Å². The zero-order valence-corrected chi connectivity index (χ0v) is 12.3. The lowest BCUT2D eigenvalue weighted by Crippen LogP contribution is -2.19. The van der Waals surface area contributed by atoms with E-state index in [9.17, 15) is 4.79 Å². The highest BCUT2D eigenvalue weighted by atomic mass is 32.1. The van der Waals surface area contributed by atoms with Crippen LogP contribution < -0.4 is 11.1 Å². The highest BCUT2D eigenvalue weighted by molar-refractivity contribution is 7.12. The van der Waals surface area contributed by atoms with E-state index in [1.54, 1.807) is 11.3 Å². The summed E-state index contributed by atoms with van der Waals surface area (Å²) in [5, 5.41) is 2.90. The molecule has 2 heterocycles. The summed E-state index contributed by atoms with van der Waals surface area (Å²) < 4.78 is 0. The van der Waals surface area contributed by atoms with Gasteiger partial charge in [0.05, 0.1) is 6.04 Å². The van der Waals surface area contributed by atoms with Crippen LogP contribution in [-0.4, -0.2) is 5.91 Å². The molecule has 2 aromatic rings. The average Bonchev–Trinajstić information content (AvgIpc) is 2.95. The van der Waals surface area contributed by atoms with Gasteiger partial charge in [-0.15, -0.1) is 11.3 Å². The number of rotatable bonds is 3. The molecule has 0 spiro atoms. The molecule has 1 atom stereocenters. The Morgan fingerprint density at radius 3 is 2.90 bits per heavy atom. The molecule has 3 N–H and O–H groups in total. The van der Waals surface area contributed by atoms with Crippen molar-refractivity contribution in [2.24, 2.45) is 5.73 Å². The minimum Gasteiger partial charge on any atom is -0.326 e. The SMILES string of the molecule is CCc1ccc(C(N)c2ccc3c(c2)CCC(=O)N3)s1. The van der Waals surface area contributed by atoms with Gasteiger partial charge in [0.25, 0.3) is 0 Å². The Kier molecular flexibility index (Phi) is 3.59. The fraction of sp³-hybridized carbons (Fsp3) is 0.312. The van der Waals surface area contributed by atoms with Crippen molar-refractivity contribution in [2.75, 3.05) is 5.32 Å². The first kappa shape index (κ1) is 13.3. The van der Waals surface area contributed by atoms with Crippen LogP contribution in [0.2, 0.25) is 0 Å². The number of aryl methyl sites for hydroxylation is 2.